The summed E-state index contributed by atoms with van der Waals surface area (Å²) in [5.41, 5.74) is 0.413. The molecule has 0 bridgehead atoms. The topological polar surface area (TPSA) is 77.8 Å². The Hall–Kier alpha value is -1.97. The van der Waals surface area contributed by atoms with Gasteiger partial charge in [-0.3, -0.25) is 0 Å². The van der Waals surface area contributed by atoms with Crippen LogP contribution in [0.2, 0.25) is 0 Å². The predicted molar refractivity (Wildman–Crippen MR) is 115 cm³/mol. The molecule has 3 N–H and O–H groups in total. The van der Waals surface area contributed by atoms with Gasteiger partial charge in [0, 0.05) is 6.07 Å². The van der Waals surface area contributed by atoms with Gasteiger partial charge < -0.3 is 15.3 Å². The average Bonchev–Trinajstić information content (AvgIpc) is 2.64. The number of carbonyl (C=O) groups is 1. The lowest BCUT2D eigenvalue weighted by Gasteiger charge is -2.09. The lowest BCUT2D eigenvalue weighted by molar-refractivity contribution is 0.0692. The number of aryl methyl sites for hydroxylation is 1. The third-order valence-electron chi connectivity index (χ3n) is 5.11. The van der Waals surface area contributed by atoms with Gasteiger partial charge in [0.2, 0.25) is 0 Å². The number of carboxylic acid groups (broad SMARTS) is 1. The quantitative estimate of drug-likeness (QED) is 0.210. The first-order valence-corrected chi connectivity index (χ1v) is 11.0. The number of benzene rings is 1. The normalized spacial score (nSPS) is 11.3. The molecule has 0 saturated heterocycles. The second kappa shape index (κ2) is 15.0. The van der Waals surface area contributed by atoms with Crippen LogP contribution in [0.25, 0.3) is 0 Å². The molecule has 0 radical (unpaired) electrons. The van der Waals surface area contributed by atoms with Crippen LogP contribution in [0.4, 0.5) is 0 Å². The van der Waals surface area contributed by atoms with Gasteiger partial charge >= 0.3 is 5.97 Å². The average molecular weight is 391 g/mol. The molecule has 28 heavy (non-hydrogen) atoms. The van der Waals surface area contributed by atoms with Crippen molar-refractivity contribution in [2.45, 2.75) is 96.8 Å². The van der Waals surface area contributed by atoms with Crippen LogP contribution in [-0.2, 0) is 6.42 Å². The van der Waals surface area contributed by atoms with Crippen LogP contribution >= 0.6 is 0 Å². The van der Waals surface area contributed by atoms with Gasteiger partial charge in [0.05, 0.1) is 0 Å². The van der Waals surface area contributed by atoms with Crippen molar-refractivity contribution in [3.63, 3.8) is 0 Å². The molecule has 0 fully saturated rings. The number of carboxylic acids is 1. The van der Waals surface area contributed by atoms with Crippen LogP contribution in [0.3, 0.4) is 0 Å². The van der Waals surface area contributed by atoms with Crippen LogP contribution in [0.15, 0.2) is 24.3 Å². The number of unbranched alkanes of at least 4 members (excludes halogenated alkanes) is 11. The molecule has 0 saturated carbocycles. The van der Waals surface area contributed by atoms with Gasteiger partial charge in [-0.05, 0) is 50.2 Å². The summed E-state index contributed by atoms with van der Waals surface area (Å²) in [6.07, 6.45) is 21.0. The minimum absolute atomic E-state index is 0.0895. The molecule has 0 aliphatic rings. The van der Waals surface area contributed by atoms with Crippen molar-refractivity contribution in [2.24, 2.45) is 0 Å². The number of phenols is 2. The lowest BCUT2D eigenvalue weighted by atomic mass is 9.99. The van der Waals surface area contributed by atoms with Gasteiger partial charge in [-0.1, -0.05) is 70.4 Å². The minimum Gasteiger partial charge on any atom is -0.508 e. The number of aromatic hydroxyl groups is 2. The molecule has 1 aromatic carbocycles. The Labute approximate surface area is 170 Å². The van der Waals surface area contributed by atoms with Crippen LogP contribution in [0, 0.1) is 0 Å². The first-order chi connectivity index (χ1) is 13.6. The molecule has 0 aliphatic heterocycles. The SMILES string of the molecule is CCCCCCCC/C=C/CCCCCCCc1cc(O)cc(O)c1C(=O)O. The molecule has 0 unspecified atom stereocenters. The summed E-state index contributed by atoms with van der Waals surface area (Å²) in [7, 11) is 0. The lowest BCUT2D eigenvalue weighted by Crippen LogP contribution is -2.03. The Morgan fingerprint density at radius 3 is 1.93 bits per heavy atom. The number of rotatable bonds is 16. The zero-order valence-electron chi connectivity index (χ0n) is 17.5. The van der Waals surface area contributed by atoms with Crippen molar-refractivity contribution in [3.05, 3.63) is 35.4 Å². The third kappa shape index (κ3) is 10.4. The molecule has 158 valence electrons. The van der Waals surface area contributed by atoms with Gasteiger partial charge in [-0.15, -0.1) is 0 Å². The van der Waals surface area contributed by atoms with Crippen molar-refractivity contribution in [1.82, 2.24) is 0 Å². The first kappa shape index (κ1) is 24.1. The van der Waals surface area contributed by atoms with Gasteiger partial charge in [-0.2, -0.15) is 0 Å². The highest BCUT2D eigenvalue weighted by atomic mass is 16.4. The van der Waals surface area contributed by atoms with E-state index in [4.69, 9.17) is 0 Å². The summed E-state index contributed by atoms with van der Waals surface area (Å²) >= 11 is 0. The number of phenolic OH excluding ortho intramolecular Hbond substituents is 1. The van der Waals surface area contributed by atoms with E-state index in [1.807, 2.05) is 0 Å². The predicted octanol–water partition coefficient (Wildman–Crippen LogP) is 6.99. The van der Waals surface area contributed by atoms with Crippen LogP contribution < -0.4 is 0 Å². The fourth-order valence-corrected chi connectivity index (χ4v) is 3.50. The largest absolute Gasteiger partial charge is 0.508 e. The van der Waals surface area contributed by atoms with Crippen molar-refractivity contribution in [3.8, 4) is 11.5 Å². The molecule has 1 aromatic rings. The number of aromatic carboxylic acids is 1. The van der Waals surface area contributed by atoms with Crippen LogP contribution in [0.5, 0.6) is 11.5 Å². The summed E-state index contributed by atoms with van der Waals surface area (Å²) in [5.74, 6) is -1.61. The highest BCUT2D eigenvalue weighted by Gasteiger charge is 2.16. The Balaban J connectivity index is 2.07. The zero-order valence-corrected chi connectivity index (χ0v) is 17.5. The summed E-state index contributed by atoms with van der Waals surface area (Å²) in [6.45, 7) is 2.25. The molecule has 4 heteroatoms. The van der Waals surface area contributed by atoms with E-state index in [1.165, 1.54) is 63.9 Å². The maximum absolute atomic E-state index is 11.3. The monoisotopic (exact) mass is 390 g/mol. The van der Waals surface area contributed by atoms with Gasteiger partial charge in [0.1, 0.15) is 17.1 Å². The standard InChI is InChI=1S/C24H38O4/c1-2-3-4-5-6-7-8-9-10-11-12-13-14-15-16-17-20-18-21(25)19-22(26)23(20)24(27)28/h9-10,18-19,25-26H,2-8,11-17H2,1H3,(H,27,28)/b10-9+. The molecular formula is C24H38O4. The van der Waals surface area contributed by atoms with E-state index in [-0.39, 0.29) is 17.1 Å². The Morgan fingerprint density at radius 2 is 1.36 bits per heavy atom. The second-order valence-electron chi connectivity index (χ2n) is 7.64. The van der Waals surface area contributed by atoms with Crippen LogP contribution in [0.1, 0.15) is 106 Å². The van der Waals surface area contributed by atoms with E-state index >= 15 is 0 Å². The highest BCUT2D eigenvalue weighted by Crippen LogP contribution is 2.28. The summed E-state index contributed by atoms with van der Waals surface area (Å²) in [6, 6.07) is 2.52. The molecule has 0 aromatic heterocycles. The molecule has 4 nitrogen and oxygen atoms in total. The van der Waals surface area contributed by atoms with Crippen molar-refractivity contribution >= 4 is 5.97 Å². The molecule has 1 rings (SSSR count). The number of allylic oxidation sites excluding steroid dienone is 2. The van der Waals surface area contributed by atoms with Crippen molar-refractivity contribution < 1.29 is 20.1 Å². The van der Waals surface area contributed by atoms with E-state index in [1.54, 1.807) is 0 Å². The second-order valence-corrected chi connectivity index (χ2v) is 7.64. The smallest absolute Gasteiger partial charge is 0.339 e. The Bertz CT molecular complexity index is 593. The van der Waals surface area contributed by atoms with Gasteiger partial charge in [0.15, 0.2) is 0 Å². The van der Waals surface area contributed by atoms with E-state index in [0.29, 0.717) is 12.0 Å². The summed E-state index contributed by atoms with van der Waals surface area (Å²) in [5, 5.41) is 28.5. The Morgan fingerprint density at radius 1 is 0.821 bits per heavy atom. The van der Waals surface area contributed by atoms with E-state index < -0.39 is 5.97 Å². The summed E-state index contributed by atoms with van der Waals surface area (Å²) in [4.78, 5) is 11.3. The Kier molecular flexibility index (Phi) is 12.9. The highest BCUT2D eigenvalue weighted by molar-refractivity contribution is 5.92. The fraction of sp³-hybridized carbons (Fsp3) is 0.625. The molecule has 0 amide bonds. The van der Waals surface area contributed by atoms with E-state index in [0.717, 1.165) is 31.7 Å². The third-order valence-corrected chi connectivity index (χ3v) is 5.11. The van der Waals surface area contributed by atoms with E-state index in [2.05, 4.69) is 19.1 Å². The van der Waals surface area contributed by atoms with Crippen molar-refractivity contribution in [2.75, 3.05) is 0 Å². The minimum atomic E-state index is -1.15. The molecule has 0 spiro atoms. The number of hydrogen-bond acceptors (Lipinski definition) is 3. The maximum Gasteiger partial charge on any atom is 0.339 e. The van der Waals surface area contributed by atoms with Crippen LogP contribution in [-0.4, -0.2) is 21.3 Å². The zero-order chi connectivity index (χ0) is 20.6. The van der Waals surface area contributed by atoms with Crippen molar-refractivity contribution in [1.29, 1.82) is 0 Å². The number of hydrogen-bond donors (Lipinski definition) is 3. The molecular weight excluding hydrogens is 352 g/mol. The maximum atomic E-state index is 11.3. The molecule has 0 aliphatic carbocycles. The van der Waals surface area contributed by atoms with Gasteiger partial charge in [0.25, 0.3) is 0 Å². The van der Waals surface area contributed by atoms with E-state index in [9.17, 15) is 20.1 Å². The molecule has 0 heterocycles. The first-order valence-electron chi connectivity index (χ1n) is 11.0. The summed E-state index contributed by atoms with van der Waals surface area (Å²) < 4.78 is 0. The molecule has 0 atom stereocenters. The van der Waals surface area contributed by atoms with Gasteiger partial charge in [-0.25, -0.2) is 4.79 Å². The fourth-order valence-electron chi connectivity index (χ4n) is 3.50.